The Bertz CT molecular complexity index is 765. The smallest absolute Gasteiger partial charge is 0.409 e. The molecule has 2 aromatic carbocycles. The van der Waals surface area contributed by atoms with Gasteiger partial charge in [-0.25, -0.2) is 9.18 Å². The molecule has 0 unspecified atom stereocenters. The first-order chi connectivity index (χ1) is 13.1. The second-order valence-electron chi connectivity index (χ2n) is 6.58. The van der Waals surface area contributed by atoms with Crippen molar-refractivity contribution in [1.82, 2.24) is 4.90 Å². The first-order valence-electron chi connectivity index (χ1n) is 8.96. The predicted octanol–water partition coefficient (Wildman–Crippen LogP) is 4.09. The lowest BCUT2D eigenvalue weighted by atomic mass is 9.81. The largest absolute Gasteiger partial charge is 0.493 e. The third-order valence-corrected chi connectivity index (χ3v) is 4.99. The Morgan fingerprint density at radius 3 is 2.48 bits per heavy atom. The number of ether oxygens (including phenoxy) is 3. The van der Waals surface area contributed by atoms with Gasteiger partial charge in [-0.2, -0.15) is 0 Å². The monoisotopic (exact) mass is 373 g/mol. The summed E-state index contributed by atoms with van der Waals surface area (Å²) in [4.78, 5) is 13.7. The summed E-state index contributed by atoms with van der Waals surface area (Å²) in [5.74, 6) is 1.28. The Labute approximate surface area is 158 Å². The molecule has 3 rings (SSSR count). The lowest BCUT2D eigenvalue weighted by Gasteiger charge is -2.38. The minimum Gasteiger partial charge on any atom is -0.493 e. The molecule has 1 aliphatic heterocycles. The van der Waals surface area contributed by atoms with Gasteiger partial charge in [0.15, 0.2) is 11.5 Å². The molecule has 1 fully saturated rings. The van der Waals surface area contributed by atoms with Crippen molar-refractivity contribution in [2.75, 3.05) is 33.9 Å². The molecule has 5 nitrogen and oxygen atoms in total. The Balaban J connectivity index is 1.78. The number of likely N-dealkylation sites (tertiary alicyclic amines) is 1. The SMILES string of the molecule is COC(=O)N1CC[C@H](c2ccc(F)cc2)[C@@H](COc2ccccc2OC)C1. The number of piperidine rings is 1. The number of para-hydroxylation sites is 2. The van der Waals surface area contributed by atoms with Gasteiger partial charge < -0.3 is 19.1 Å². The van der Waals surface area contributed by atoms with Crippen molar-refractivity contribution in [3.8, 4) is 11.5 Å². The maximum Gasteiger partial charge on any atom is 0.409 e. The van der Waals surface area contributed by atoms with Crippen LogP contribution in [0.1, 0.15) is 17.9 Å². The van der Waals surface area contributed by atoms with Crippen LogP contribution in [0.25, 0.3) is 0 Å². The van der Waals surface area contributed by atoms with Gasteiger partial charge in [-0.05, 0) is 42.2 Å². The highest BCUT2D eigenvalue weighted by Crippen LogP contribution is 2.35. The van der Waals surface area contributed by atoms with Crippen molar-refractivity contribution in [3.63, 3.8) is 0 Å². The molecule has 0 radical (unpaired) electrons. The Morgan fingerprint density at radius 1 is 1.11 bits per heavy atom. The standard InChI is InChI=1S/C21H24FNO4/c1-25-19-5-3-4-6-20(19)27-14-16-13-23(21(24)26-2)12-11-18(16)15-7-9-17(22)10-8-15/h3-10,16,18H,11-14H2,1-2H3/t16-,18-/m1/s1. The summed E-state index contributed by atoms with van der Waals surface area (Å²) in [6, 6.07) is 14.0. The third-order valence-electron chi connectivity index (χ3n) is 4.99. The zero-order valence-electron chi connectivity index (χ0n) is 15.6. The van der Waals surface area contributed by atoms with Crippen LogP contribution in [0.15, 0.2) is 48.5 Å². The van der Waals surface area contributed by atoms with Gasteiger partial charge in [-0.1, -0.05) is 24.3 Å². The van der Waals surface area contributed by atoms with Crippen LogP contribution >= 0.6 is 0 Å². The molecule has 144 valence electrons. The highest BCUT2D eigenvalue weighted by Gasteiger charge is 2.33. The van der Waals surface area contributed by atoms with Gasteiger partial charge in [0, 0.05) is 19.0 Å². The Morgan fingerprint density at radius 2 is 1.81 bits per heavy atom. The highest BCUT2D eigenvalue weighted by molar-refractivity contribution is 5.67. The van der Waals surface area contributed by atoms with Crippen molar-refractivity contribution in [3.05, 3.63) is 59.9 Å². The van der Waals surface area contributed by atoms with E-state index in [4.69, 9.17) is 14.2 Å². The van der Waals surface area contributed by atoms with Crippen molar-refractivity contribution in [1.29, 1.82) is 0 Å². The van der Waals surface area contributed by atoms with Gasteiger partial charge in [-0.3, -0.25) is 0 Å². The predicted molar refractivity (Wildman–Crippen MR) is 99.7 cm³/mol. The summed E-state index contributed by atoms with van der Waals surface area (Å²) in [5.41, 5.74) is 1.05. The van der Waals surface area contributed by atoms with Crippen LogP contribution in [-0.4, -0.2) is 44.9 Å². The number of benzene rings is 2. The van der Waals surface area contributed by atoms with E-state index in [2.05, 4.69) is 0 Å². The van der Waals surface area contributed by atoms with E-state index >= 15 is 0 Å². The van der Waals surface area contributed by atoms with E-state index < -0.39 is 0 Å². The number of hydrogen-bond acceptors (Lipinski definition) is 4. The molecule has 0 spiro atoms. The molecular formula is C21H24FNO4. The van der Waals surface area contributed by atoms with E-state index in [1.54, 1.807) is 12.0 Å². The van der Waals surface area contributed by atoms with E-state index in [-0.39, 0.29) is 23.7 Å². The fourth-order valence-electron chi connectivity index (χ4n) is 3.58. The fourth-order valence-corrected chi connectivity index (χ4v) is 3.58. The van der Waals surface area contributed by atoms with Crippen LogP contribution in [0.2, 0.25) is 0 Å². The van der Waals surface area contributed by atoms with Crippen LogP contribution in [0, 0.1) is 11.7 Å². The van der Waals surface area contributed by atoms with E-state index in [1.165, 1.54) is 19.2 Å². The lowest BCUT2D eigenvalue weighted by molar-refractivity contribution is 0.0809. The molecule has 2 atom stereocenters. The molecule has 2 aromatic rings. The molecule has 1 heterocycles. The second kappa shape index (κ2) is 8.75. The molecule has 1 saturated heterocycles. The fraction of sp³-hybridized carbons (Fsp3) is 0.381. The van der Waals surface area contributed by atoms with E-state index in [0.29, 0.717) is 31.2 Å². The number of halogens is 1. The van der Waals surface area contributed by atoms with Gasteiger partial charge >= 0.3 is 6.09 Å². The third kappa shape index (κ3) is 4.51. The van der Waals surface area contributed by atoms with Crippen LogP contribution < -0.4 is 9.47 Å². The molecule has 0 bridgehead atoms. The summed E-state index contributed by atoms with van der Waals surface area (Å²) >= 11 is 0. The van der Waals surface area contributed by atoms with Crippen molar-refractivity contribution >= 4 is 6.09 Å². The number of rotatable bonds is 5. The quantitative estimate of drug-likeness (QED) is 0.792. The molecule has 0 aromatic heterocycles. The number of methoxy groups -OCH3 is 2. The average molecular weight is 373 g/mol. The summed E-state index contributed by atoms with van der Waals surface area (Å²) in [6.07, 6.45) is 0.426. The lowest BCUT2D eigenvalue weighted by Crippen LogP contribution is -2.44. The molecule has 6 heteroatoms. The van der Waals surface area contributed by atoms with Gasteiger partial charge in [0.25, 0.3) is 0 Å². The zero-order chi connectivity index (χ0) is 19.2. The second-order valence-corrected chi connectivity index (χ2v) is 6.58. The van der Waals surface area contributed by atoms with Gasteiger partial charge in [0.2, 0.25) is 0 Å². The van der Waals surface area contributed by atoms with E-state index in [1.807, 2.05) is 36.4 Å². The van der Waals surface area contributed by atoms with Crippen LogP contribution in [0.5, 0.6) is 11.5 Å². The van der Waals surface area contributed by atoms with Crippen LogP contribution in [0.4, 0.5) is 9.18 Å². The van der Waals surface area contributed by atoms with Gasteiger partial charge in [0.05, 0.1) is 20.8 Å². The molecule has 27 heavy (non-hydrogen) atoms. The Kier molecular flexibility index (Phi) is 6.16. The number of carbonyl (C=O) groups is 1. The summed E-state index contributed by atoms with van der Waals surface area (Å²) in [7, 11) is 2.98. The van der Waals surface area contributed by atoms with Crippen molar-refractivity contribution in [2.45, 2.75) is 12.3 Å². The normalized spacial score (nSPS) is 19.4. The molecule has 1 amide bonds. The zero-order valence-corrected chi connectivity index (χ0v) is 15.6. The molecule has 0 N–H and O–H groups in total. The first-order valence-corrected chi connectivity index (χ1v) is 8.96. The van der Waals surface area contributed by atoms with Crippen molar-refractivity contribution < 1.29 is 23.4 Å². The highest BCUT2D eigenvalue weighted by atomic mass is 19.1. The van der Waals surface area contributed by atoms with Crippen molar-refractivity contribution in [2.24, 2.45) is 5.92 Å². The number of carbonyl (C=O) groups excluding carboxylic acids is 1. The summed E-state index contributed by atoms with van der Waals surface area (Å²) < 4.78 is 29.5. The maximum absolute atomic E-state index is 13.3. The molecule has 0 saturated carbocycles. The minimum absolute atomic E-state index is 0.0493. The van der Waals surface area contributed by atoms with Gasteiger partial charge in [-0.15, -0.1) is 0 Å². The number of hydrogen-bond donors (Lipinski definition) is 0. The molecular weight excluding hydrogens is 349 g/mol. The van der Waals surface area contributed by atoms with E-state index in [0.717, 1.165) is 12.0 Å². The van der Waals surface area contributed by atoms with E-state index in [9.17, 15) is 9.18 Å². The number of amides is 1. The topological polar surface area (TPSA) is 48.0 Å². The first kappa shape index (κ1) is 19.0. The van der Waals surface area contributed by atoms with Gasteiger partial charge in [0.1, 0.15) is 5.82 Å². The Hall–Kier alpha value is -2.76. The van der Waals surface area contributed by atoms with Crippen LogP contribution in [0.3, 0.4) is 0 Å². The number of nitrogens with zero attached hydrogens (tertiary/aromatic N) is 1. The maximum atomic E-state index is 13.3. The molecule has 0 aliphatic carbocycles. The van der Waals surface area contributed by atoms with Crippen LogP contribution in [-0.2, 0) is 4.74 Å². The summed E-state index contributed by atoms with van der Waals surface area (Å²) in [5, 5.41) is 0. The summed E-state index contributed by atoms with van der Waals surface area (Å²) in [6.45, 7) is 1.53. The minimum atomic E-state index is -0.338. The molecule has 1 aliphatic rings. The average Bonchev–Trinajstić information content (AvgIpc) is 2.72.